The van der Waals surface area contributed by atoms with Gasteiger partial charge in [0.2, 0.25) is 5.91 Å². The van der Waals surface area contributed by atoms with E-state index in [-0.39, 0.29) is 12.1 Å². The number of hydrogen-bond acceptors (Lipinski definition) is 5. The number of nitro benzene ring substituents is 1. The average molecular weight is 480 g/mol. The van der Waals surface area contributed by atoms with Gasteiger partial charge in [0, 0.05) is 46.6 Å². The van der Waals surface area contributed by atoms with Crippen molar-refractivity contribution in [1.29, 1.82) is 0 Å². The highest BCUT2D eigenvalue weighted by molar-refractivity contribution is 6.07. The third-order valence-corrected chi connectivity index (χ3v) is 5.66. The number of aromatic amines is 1. The molecule has 10 heteroatoms. The molecule has 5 aromatic rings. The predicted molar refractivity (Wildman–Crippen MR) is 133 cm³/mol. The SMILES string of the molecule is O=C(Cc1cn(-c2ccccc2)nc1-c1ccc([N+](=O)[O-])cc1)NNC(=O)c1c[nH]c2ccccc12. The van der Waals surface area contributed by atoms with Gasteiger partial charge in [-0.05, 0) is 30.3 Å². The number of rotatable bonds is 6. The molecule has 36 heavy (non-hydrogen) atoms. The molecule has 0 aliphatic heterocycles. The molecule has 0 aliphatic carbocycles. The van der Waals surface area contributed by atoms with E-state index in [1.165, 1.54) is 12.1 Å². The summed E-state index contributed by atoms with van der Waals surface area (Å²) in [6, 6.07) is 22.7. The van der Waals surface area contributed by atoms with Crippen molar-refractivity contribution < 1.29 is 14.5 Å². The minimum Gasteiger partial charge on any atom is -0.360 e. The number of amides is 2. The molecular formula is C26H20N6O4. The van der Waals surface area contributed by atoms with Crippen LogP contribution in [0.1, 0.15) is 15.9 Å². The summed E-state index contributed by atoms with van der Waals surface area (Å²) in [6.45, 7) is 0. The quantitative estimate of drug-likeness (QED) is 0.250. The molecule has 2 heterocycles. The van der Waals surface area contributed by atoms with Gasteiger partial charge in [-0.25, -0.2) is 4.68 Å². The van der Waals surface area contributed by atoms with E-state index in [9.17, 15) is 19.7 Å². The lowest BCUT2D eigenvalue weighted by Crippen LogP contribution is -2.42. The summed E-state index contributed by atoms with van der Waals surface area (Å²) in [7, 11) is 0. The number of H-pyrrole nitrogens is 1. The summed E-state index contributed by atoms with van der Waals surface area (Å²) >= 11 is 0. The molecule has 0 saturated carbocycles. The fourth-order valence-corrected chi connectivity index (χ4v) is 3.91. The summed E-state index contributed by atoms with van der Waals surface area (Å²) in [4.78, 5) is 39.0. The van der Waals surface area contributed by atoms with Gasteiger partial charge in [0.15, 0.2) is 0 Å². The van der Waals surface area contributed by atoms with Crippen LogP contribution in [0.4, 0.5) is 5.69 Å². The number of para-hydroxylation sites is 2. The van der Waals surface area contributed by atoms with Gasteiger partial charge < -0.3 is 4.98 Å². The predicted octanol–water partition coefficient (Wildman–Crippen LogP) is 3.93. The molecule has 3 N–H and O–H groups in total. The standard InChI is InChI=1S/C26H20N6O4/c33-24(28-29-26(34)22-15-27-23-9-5-4-8-21(22)23)14-18-16-31(19-6-2-1-3-7-19)30-25(18)17-10-12-20(13-11-17)32(35)36/h1-13,15-16,27H,14H2,(H,28,33)(H,29,34). The number of carbonyl (C=O) groups excluding carboxylic acids is 2. The zero-order chi connectivity index (χ0) is 25.1. The summed E-state index contributed by atoms with van der Waals surface area (Å²) in [5.74, 6) is -0.893. The maximum absolute atomic E-state index is 12.8. The van der Waals surface area contributed by atoms with Gasteiger partial charge in [0.25, 0.3) is 11.6 Å². The number of fused-ring (bicyclic) bond motifs is 1. The van der Waals surface area contributed by atoms with E-state index in [2.05, 4.69) is 20.9 Å². The Morgan fingerprint density at radius 2 is 1.67 bits per heavy atom. The summed E-state index contributed by atoms with van der Waals surface area (Å²) < 4.78 is 1.64. The molecule has 0 fully saturated rings. The van der Waals surface area contributed by atoms with Crippen LogP contribution in [0.25, 0.3) is 27.8 Å². The lowest BCUT2D eigenvalue weighted by Gasteiger charge is -2.07. The zero-order valence-corrected chi connectivity index (χ0v) is 18.8. The molecule has 2 amide bonds. The number of nitrogens with zero attached hydrogens (tertiary/aromatic N) is 3. The molecule has 5 rings (SSSR count). The monoisotopic (exact) mass is 480 g/mol. The second-order valence-electron chi connectivity index (χ2n) is 8.01. The van der Waals surface area contributed by atoms with Crippen LogP contribution in [-0.2, 0) is 11.2 Å². The van der Waals surface area contributed by atoms with Crippen molar-refractivity contribution in [2.24, 2.45) is 0 Å². The fourth-order valence-electron chi connectivity index (χ4n) is 3.91. The van der Waals surface area contributed by atoms with Gasteiger partial charge in [-0.1, -0.05) is 36.4 Å². The molecule has 0 bridgehead atoms. The first kappa shape index (κ1) is 22.5. The van der Waals surface area contributed by atoms with Crippen LogP contribution in [0, 0.1) is 10.1 Å². The molecule has 0 radical (unpaired) electrons. The average Bonchev–Trinajstić information content (AvgIpc) is 3.52. The molecule has 178 valence electrons. The minimum atomic E-state index is -0.475. The highest BCUT2D eigenvalue weighted by atomic mass is 16.6. The van der Waals surface area contributed by atoms with E-state index < -0.39 is 16.7 Å². The van der Waals surface area contributed by atoms with Crippen LogP contribution in [0.15, 0.2) is 91.3 Å². The van der Waals surface area contributed by atoms with Crippen molar-refractivity contribution in [3.8, 4) is 16.9 Å². The van der Waals surface area contributed by atoms with Crippen molar-refractivity contribution in [1.82, 2.24) is 25.6 Å². The van der Waals surface area contributed by atoms with Gasteiger partial charge in [-0.2, -0.15) is 5.10 Å². The molecule has 2 aromatic heterocycles. The first-order valence-electron chi connectivity index (χ1n) is 11.0. The normalized spacial score (nSPS) is 10.8. The number of hydrogen-bond donors (Lipinski definition) is 3. The number of nitrogens with one attached hydrogen (secondary N) is 3. The summed E-state index contributed by atoms with van der Waals surface area (Å²) in [5, 5.41) is 16.4. The van der Waals surface area contributed by atoms with E-state index >= 15 is 0 Å². The fraction of sp³-hybridized carbons (Fsp3) is 0.0385. The number of carbonyl (C=O) groups is 2. The lowest BCUT2D eigenvalue weighted by molar-refractivity contribution is -0.384. The van der Waals surface area contributed by atoms with Crippen molar-refractivity contribution in [2.45, 2.75) is 6.42 Å². The van der Waals surface area contributed by atoms with Crippen LogP contribution in [0.2, 0.25) is 0 Å². The Kier molecular flexibility index (Phi) is 5.98. The molecule has 0 atom stereocenters. The smallest absolute Gasteiger partial charge is 0.271 e. The van der Waals surface area contributed by atoms with E-state index in [0.717, 1.165) is 16.6 Å². The second-order valence-corrected chi connectivity index (χ2v) is 8.01. The first-order valence-corrected chi connectivity index (χ1v) is 11.0. The van der Waals surface area contributed by atoms with Crippen LogP contribution in [0.3, 0.4) is 0 Å². The van der Waals surface area contributed by atoms with Crippen LogP contribution in [-0.4, -0.2) is 31.5 Å². The molecule has 0 spiro atoms. The molecule has 10 nitrogen and oxygen atoms in total. The highest BCUT2D eigenvalue weighted by Crippen LogP contribution is 2.26. The highest BCUT2D eigenvalue weighted by Gasteiger charge is 2.18. The van der Waals surface area contributed by atoms with Crippen molar-refractivity contribution in [3.05, 3.63) is 112 Å². The van der Waals surface area contributed by atoms with Gasteiger partial charge in [-0.3, -0.25) is 30.6 Å². The topological polar surface area (TPSA) is 135 Å². The Morgan fingerprint density at radius 3 is 2.42 bits per heavy atom. The van der Waals surface area contributed by atoms with Gasteiger partial charge in [-0.15, -0.1) is 0 Å². The third-order valence-electron chi connectivity index (χ3n) is 5.66. The van der Waals surface area contributed by atoms with Gasteiger partial charge in [0.1, 0.15) is 0 Å². The number of benzene rings is 3. The molecule has 0 saturated heterocycles. The Balaban J connectivity index is 1.36. The molecule has 0 unspecified atom stereocenters. The Morgan fingerprint density at radius 1 is 0.944 bits per heavy atom. The number of nitro groups is 1. The number of non-ortho nitro benzene ring substituents is 1. The summed E-state index contributed by atoms with van der Waals surface area (Å²) in [5.41, 5.74) is 8.61. The molecule has 0 aliphatic rings. The second kappa shape index (κ2) is 9.55. The van der Waals surface area contributed by atoms with Crippen LogP contribution < -0.4 is 10.9 Å². The first-order chi connectivity index (χ1) is 17.5. The van der Waals surface area contributed by atoms with E-state index in [1.807, 2.05) is 54.6 Å². The zero-order valence-electron chi connectivity index (χ0n) is 18.8. The van der Waals surface area contributed by atoms with E-state index in [0.29, 0.717) is 22.4 Å². The van der Waals surface area contributed by atoms with Crippen molar-refractivity contribution in [3.63, 3.8) is 0 Å². The van der Waals surface area contributed by atoms with Gasteiger partial charge in [0.05, 0.1) is 28.3 Å². The minimum absolute atomic E-state index is 0.0412. The van der Waals surface area contributed by atoms with Crippen LogP contribution in [0.5, 0.6) is 0 Å². The van der Waals surface area contributed by atoms with Crippen molar-refractivity contribution in [2.75, 3.05) is 0 Å². The van der Waals surface area contributed by atoms with Gasteiger partial charge >= 0.3 is 0 Å². The maximum atomic E-state index is 12.8. The van der Waals surface area contributed by atoms with Crippen molar-refractivity contribution >= 4 is 28.4 Å². The Hall–Kier alpha value is -5.25. The van der Waals surface area contributed by atoms with E-state index in [4.69, 9.17) is 0 Å². The molecule has 3 aromatic carbocycles. The Labute approximate surface area is 204 Å². The third kappa shape index (κ3) is 4.55. The number of hydrazine groups is 1. The Bertz CT molecular complexity index is 1570. The molecular weight excluding hydrogens is 460 g/mol. The largest absolute Gasteiger partial charge is 0.360 e. The van der Waals surface area contributed by atoms with E-state index in [1.54, 1.807) is 29.2 Å². The lowest BCUT2D eigenvalue weighted by atomic mass is 10.1. The summed E-state index contributed by atoms with van der Waals surface area (Å²) in [6.07, 6.45) is 3.24. The number of aromatic nitrogens is 3. The maximum Gasteiger partial charge on any atom is 0.271 e. The van der Waals surface area contributed by atoms with Crippen LogP contribution >= 0.6 is 0 Å².